The van der Waals surface area contributed by atoms with Crippen LogP contribution in [0.25, 0.3) is 0 Å². The highest BCUT2D eigenvalue weighted by molar-refractivity contribution is 5.98. The number of carbonyl (C=O) groups is 2. The minimum absolute atomic E-state index is 0.0386. The minimum atomic E-state index is -0.101. The molecule has 6 nitrogen and oxygen atoms in total. The smallest absolute Gasteiger partial charge is 0.221 e. The predicted molar refractivity (Wildman–Crippen MR) is 115 cm³/mol. The van der Waals surface area contributed by atoms with Gasteiger partial charge in [-0.3, -0.25) is 9.59 Å². The van der Waals surface area contributed by atoms with Gasteiger partial charge in [-0.2, -0.15) is 0 Å². The van der Waals surface area contributed by atoms with Crippen molar-refractivity contribution in [2.24, 2.45) is 0 Å². The highest BCUT2D eigenvalue weighted by Crippen LogP contribution is 2.15. The maximum Gasteiger partial charge on any atom is 0.221 e. The van der Waals surface area contributed by atoms with Gasteiger partial charge in [0.05, 0.1) is 19.8 Å². The molecule has 1 fully saturated rings. The van der Waals surface area contributed by atoms with E-state index in [0.29, 0.717) is 12.2 Å². The number of nitrogens with one attached hydrogen (secondary N) is 2. The van der Waals surface area contributed by atoms with Crippen molar-refractivity contribution in [3.05, 3.63) is 65.7 Å². The molecule has 2 aromatic rings. The van der Waals surface area contributed by atoms with Crippen LogP contribution in [-0.4, -0.2) is 51.1 Å². The van der Waals surface area contributed by atoms with E-state index in [9.17, 15) is 9.59 Å². The van der Waals surface area contributed by atoms with Crippen molar-refractivity contribution in [2.45, 2.75) is 25.8 Å². The van der Waals surface area contributed by atoms with E-state index in [2.05, 4.69) is 5.32 Å². The van der Waals surface area contributed by atoms with Crippen LogP contribution in [0.2, 0.25) is 0 Å². The molecule has 6 heteroatoms. The summed E-state index contributed by atoms with van der Waals surface area (Å²) in [6, 6.07) is 17.0. The third-order valence-corrected chi connectivity index (χ3v) is 5.30. The summed E-state index contributed by atoms with van der Waals surface area (Å²) in [6.07, 6.45) is 0.361. The van der Waals surface area contributed by atoms with E-state index in [-0.39, 0.29) is 30.6 Å². The van der Waals surface area contributed by atoms with E-state index in [4.69, 9.17) is 9.47 Å². The van der Waals surface area contributed by atoms with Crippen LogP contribution in [0.1, 0.15) is 41.7 Å². The van der Waals surface area contributed by atoms with Crippen LogP contribution >= 0.6 is 0 Å². The summed E-state index contributed by atoms with van der Waals surface area (Å²) in [4.78, 5) is 26.5. The van der Waals surface area contributed by atoms with Gasteiger partial charge in [0.1, 0.15) is 31.4 Å². The molecule has 1 saturated heterocycles. The fourth-order valence-corrected chi connectivity index (χ4v) is 3.63. The molecule has 30 heavy (non-hydrogen) atoms. The molecular weight excluding hydrogens is 380 g/mol. The number of quaternary nitrogens is 1. The molecule has 3 rings (SSSR count). The fraction of sp³-hybridized carbons (Fsp3) is 0.417. The highest BCUT2D eigenvalue weighted by Gasteiger charge is 2.23. The van der Waals surface area contributed by atoms with Gasteiger partial charge in [0.15, 0.2) is 5.78 Å². The Balaban J connectivity index is 1.55. The average molecular weight is 412 g/mol. The van der Waals surface area contributed by atoms with E-state index >= 15 is 0 Å². The van der Waals surface area contributed by atoms with Gasteiger partial charge in [-0.15, -0.1) is 0 Å². The summed E-state index contributed by atoms with van der Waals surface area (Å²) in [5, 5.41) is 3.14. The molecule has 0 saturated carbocycles. The summed E-state index contributed by atoms with van der Waals surface area (Å²) < 4.78 is 10.8. The molecule has 0 aliphatic carbocycles. The largest absolute Gasteiger partial charge is 0.494 e. The fourth-order valence-electron chi connectivity index (χ4n) is 3.63. The number of morpholine rings is 1. The van der Waals surface area contributed by atoms with Crippen molar-refractivity contribution in [3.8, 4) is 5.75 Å². The zero-order valence-corrected chi connectivity index (χ0v) is 17.6. The SMILES string of the molecule is CCOc1ccc(C(=O)CCC(=O)N[C@@H](C[NH+]2CCOCC2)c2ccccc2)cc1. The third kappa shape index (κ3) is 6.68. The number of Topliss-reactive ketones (excluding diaryl/α,β-unsaturated/α-hetero) is 1. The maximum absolute atomic E-state index is 12.6. The van der Waals surface area contributed by atoms with Crippen LogP contribution in [0.15, 0.2) is 54.6 Å². The van der Waals surface area contributed by atoms with E-state index < -0.39 is 0 Å². The Morgan fingerprint density at radius 1 is 1.03 bits per heavy atom. The Hall–Kier alpha value is -2.70. The molecular formula is C24H31N2O4+. The monoisotopic (exact) mass is 411 g/mol. The van der Waals surface area contributed by atoms with Gasteiger partial charge in [-0.1, -0.05) is 30.3 Å². The molecule has 160 valence electrons. The number of hydrogen-bond acceptors (Lipinski definition) is 4. The van der Waals surface area contributed by atoms with Crippen molar-refractivity contribution in [3.63, 3.8) is 0 Å². The van der Waals surface area contributed by atoms with Gasteiger partial charge >= 0.3 is 0 Å². The lowest BCUT2D eigenvalue weighted by Gasteiger charge is -2.28. The van der Waals surface area contributed by atoms with Crippen molar-refractivity contribution < 1.29 is 24.0 Å². The first-order valence-electron chi connectivity index (χ1n) is 10.7. The number of rotatable bonds is 10. The van der Waals surface area contributed by atoms with E-state index in [1.54, 1.807) is 24.3 Å². The van der Waals surface area contributed by atoms with Gasteiger partial charge in [0.25, 0.3) is 0 Å². The molecule has 0 bridgehead atoms. The molecule has 2 N–H and O–H groups in total. The molecule has 2 aromatic carbocycles. The van der Waals surface area contributed by atoms with Crippen LogP contribution in [-0.2, 0) is 9.53 Å². The first kappa shape index (κ1) is 22.0. The van der Waals surface area contributed by atoms with Crippen LogP contribution in [0.5, 0.6) is 5.75 Å². The highest BCUT2D eigenvalue weighted by atomic mass is 16.5. The summed E-state index contributed by atoms with van der Waals surface area (Å²) in [5.41, 5.74) is 1.69. The zero-order chi connectivity index (χ0) is 21.2. The Bertz CT molecular complexity index is 802. The first-order valence-corrected chi connectivity index (χ1v) is 10.7. The normalized spacial score (nSPS) is 15.4. The summed E-state index contributed by atoms with van der Waals surface area (Å²) in [6.45, 7) is 6.70. The van der Waals surface area contributed by atoms with Crippen LogP contribution < -0.4 is 15.0 Å². The topological polar surface area (TPSA) is 69.1 Å². The Morgan fingerprint density at radius 3 is 2.40 bits per heavy atom. The predicted octanol–water partition coefficient (Wildman–Crippen LogP) is 1.82. The van der Waals surface area contributed by atoms with Gasteiger partial charge < -0.3 is 19.7 Å². The van der Waals surface area contributed by atoms with E-state index in [1.165, 1.54) is 4.90 Å². The maximum atomic E-state index is 12.6. The summed E-state index contributed by atoms with van der Waals surface area (Å²) >= 11 is 0. The number of ketones is 1. The second-order valence-corrected chi connectivity index (χ2v) is 7.48. The Morgan fingerprint density at radius 2 is 1.73 bits per heavy atom. The van der Waals surface area contributed by atoms with Gasteiger partial charge in [0.2, 0.25) is 5.91 Å². The number of hydrogen-bond donors (Lipinski definition) is 2. The van der Waals surface area contributed by atoms with Gasteiger partial charge in [-0.05, 0) is 36.8 Å². The molecule has 1 atom stereocenters. The first-order chi connectivity index (χ1) is 14.7. The van der Waals surface area contributed by atoms with Crippen molar-refractivity contribution in [1.29, 1.82) is 0 Å². The zero-order valence-electron chi connectivity index (χ0n) is 17.6. The minimum Gasteiger partial charge on any atom is -0.494 e. The second kappa shape index (κ2) is 11.5. The Labute approximate surface area is 178 Å². The van der Waals surface area contributed by atoms with Crippen LogP contribution in [0.4, 0.5) is 0 Å². The van der Waals surface area contributed by atoms with Gasteiger partial charge in [0, 0.05) is 18.4 Å². The lowest BCUT2D eigenvalue weighted by atomic mass is 10.0. The quantitative estimate of drug-likeness (QED) is 0.585. The number of ether oxygens (including phenoxy) is 2. The van der Waals surface area contributed by atoms with Crippen molar-refractivity contribution in [2.75, 3.05) is 39.5 Å². The molecule has 0 radical (unpaired) electrons. The van der Waals surface area contributed by atoms with E-state index in [0.717, 1.165) is 44.2 Å². The van der Waals surface area contributed by atoms with Crippen LogP contribution in [0.3, 0.4) is 0 Å². The molecule has 1 aliphatic rings. The standard InChI is InChI=1S/C24H30N2O4/c1-2-30-21-10-8-20(9-11-21)23(27)12-13-24(28)25-22(19-6-4-3-5-7-19)18-26-14-16-29-17-15-26/h3-11,22H,2,12-18H2,1H3,(H,25,28)/p+1/t22-/m0/s1. The molecule has 0 spiro atoms. The average Bonchev–Trinajstić information content (AvgIpc) is 2.79. The molecule has 0 aromatic heterocycles. The molecule has 1 amide bonds. The van der Waals surface area contributed by atoms with Crippen molar-refractivity contribution in [1.82, 2.24) is 5.32 Å². The number of carbonyl (C=O) groups excluding carboxylic acids is 2. The summed E-state index contributed by atoms with van der Waals surface area (Å²) in [5.74, 6) is 0.599. The Kier molecular flexibility index (Phi) is 8.41. The number of benzene rings is 2. The molecule has 0 unspecified atom stereocenters. The second-order valence-electron chi connectivity index (χ2n) is 7.48. The van der Waals surface area contributed by atoms with Crippen molar-refractivity contribution >= 4 is 11.7 Å². The van der Waals surface area contributed by atoms with Gasteiger partial charge in [-0.25, -0.2) is 0 Å². The summed E-state index contributed by atoms with van der Waals surface area (Å²) in [7, 11) is 0. The third-order valence-electron chi connectivity index (χ3n) is 5.30. The van der Waals surface area contributed by atoms with Crippen LogP contribution in [0, 0.1) is 0 Å². The molecule has 1 heterocycles. The van der Waals surface area contributed by atoms with E-state index in [1.807, 2.05) is 37.3 Å². The molecule has 1 aliphatic heterocycles. The lowest BCUT2D eigenvalue weighted by Crippen LogP contribution is -3.14. The lowest BCUT2D eigenvalue weighted by molar-refractivity contribution is -0.909. The number of amides is 1.